The summed E-state index contributed by atoms with van der Waals surface area (Å²) in [5.74, 6) is 0. The Morgan fingerprint density at radius 2 is 1.39 bits per heavy atom. The summed E-state index contributed by atoms with van der Waals surface area (Å²) >= 11 is 0. The summed E-state index contributed by atoms with van der Waals surface area (Å²) in [5.41, 5.74) is 0. The van der Waals surface area contributed by atoms with Crippen molar-refractivity contribution in [3.05, 3.63) is 0 Å². The summed E-state index contributed by atoms with van der Waals surface area (Å²) in [6, 6.07) is 0. The van der Waals surface area contributed by atoms with Crippen LogP contribution in [0.5, 0.6) is 0 Å². The molecule has 0 saturated carbocycles. The molecule has 1 heterocycles. The molecule has 2 N–H and O–H groups in total. The zero-order valence-electron chi connectivity index (χ0n) is 15.7. The van der Waals surface area contributed by atoms with E-state index in [0.717, 1.165) is 13.0 Å². The van der Waals surface area contributed by atoms with Crippen molar-refractivity contribution in [2.45, 2.75) is 116 Å². The van der Waals surface area contributed by atoms with E-state index in [9.17, 15) is 5.11 Å². The van der Waals surface area contributed by atoms with Gasteiger partial charge in [0.05, 0.1) is 6.54 Å². The highest BCUT2D eigenvalue weighted by Crippen LogP contribution is 2.14. The first-order chi connectivity index (χ1) is 11.3. The molecule has 0 saturated heterocycles. The van der Waals surface area contributed by atoms with Crippen molar-refractivity contribution < 1.29 is 9.68 Å². The molecule has 3 nitrogen and oxygen atoms in total. The Bertz CT molecular complexity index is 302. The molecular weight excluding hydrogens is 284 g/mol. The number of aliphatic hydroxyl groups excluding tert-OH is 1. The van der Waals surface area contributed by atoms with E-state index in [4.69, 9.17) is 0 Å². The first-order valence-electron chi connectivity index (χ1n) is 10.3. The molecule has 0 aromatic rings. The van der Waals surface area contributed by atoms with E-state index in [2.05, 4.69) is 23.0 Å². The van der Waals surface area contributed by atoms with Gasteiger partial charge in [0.2, 0.25) is 6.17 Å². The molecule has 1 aliphatic heterocycles. The molecule has 0 aromatic heterocycles. The number of nitrogens with one attached hydrogen (secondary N) is 1. The fourth-order valence-corrected chi connectivity index (χ4v) is 3.55. The Hall–Kier alpha value is -0.410. The summed E-state index contributed by atoms with van der Waals surface area (Å²) in [4.78, 5) is 0. The molecule has 23 heavy (non-hydrogen) atoms. The standard InChI is InChI=1S/C20H41N2O/c1-3-4-5-6-7-8-9-10-11-12-13-14-15-16-20-21-17-18-22(20)19(2)23/h18-21,23H,3-17H2,1-2H3/q+1. The van der Waals surface area contributed by atoms with E-state index in [1.807, 2.05) is 6.92 Å². The van der Waals surface area contributed by atoms with Crippen LogP contribution in [0, 0.1) is 0 Å². The highest BCUT2D eigenvalue weighted by atomic mass is 16.3. The minimum Gasteiger partial charge on any atom is -0.337 e. The van der Waals surface area contributed by atoms with Crippen molar-refractivity contribution in [1.29, 1.82) is 0 Å². The van der Waals surface area contributed by atoms with E-state index >= 15 is 0 Å². The third kappa shape index (κ3) is 10.1. The lowest BCUT2D eigenvalue weighted by Crippen LogP contribution is -2.37. The van der Waals surface area contributed by atoms with Gasteiger partial charge in [-0.1, -0.05) is 84.0 Å². The van der Waals surface area contributed by atoms with Gasteiger partial charge in [-0.25, -0.2) is 5.32 Å². The minimum absolute atomic E-state index is 0.350. The van der Waals surface area contributed by atoms with E-state index in [1.54, 1.807) is 0 Å². The van der Waals surface area contributed by atoms with E-state index in [-0.39, 0.29) is 6.23 Å². The second kappa shape index (κ2) is 14.0. The molecule has 1 rings (SSSR count). The van der Waals surface area contributed by atoms with Gasteiger partial charge in [0.25, 0.3) is 6.23 Å². The van der Waals surface area contributed by atoms with Crippen LogP contribution in [0.4, 0.5) is 0 Å². The van der Waals surface area contributed by atoms with Crippen molar-refractivity contribution in [1.82, 2.24) is 5.32 Å². The van der Waals surface area contributed by atoms with Gasteiger partial charge >= 0.3 is 0 Å². The third-order valence-corrected chi connectivity index (χ3v) is 5.03. The topological polar surface area (TPSA) is 35.3 Å². The second-order valence-electron chi connectivity index (χ2n) is 7.22. The normalized spacial score (nSPS) is 19.1. The monoisotopic (exact) mass is 325 g/mol. The third-order valence-electron chi connectivity index (χ3n) is 5.03. The zero-order valence-corrected chi connectivity index (χ0v) is 15.7. The molecule has 2 atom stereocenters. The first kappa shape index (κ1) is 20.6. The van der Waals surface area contributed by atoms with Crippen LogP contribution in [0.1, 0.15) is 104 Å². The van der Waals surface area contributed by atoms with E-state index < -0.39 is 0 Å². The van der Waals surface area contributed by atoms with Gasteiger partial charge in [0.15, 0.2) is 6.21 Å². The van der Waals surface area contributed by atoms with Crippen molar-refractivity contribution in [3.63, 3.8) is 0 Å². The quantitative estimate of drug-likeness (QED) is 0.334. The van der Waals surface area contributed by atoms with Crippen LogP contribution in [0.25, 0.3) is 0 Å². The fourth-order valence-electron chi connectivity index (χ4n) is 3.55. The predicted molar refractivity (Wildman–Crippen MR) is 100 cm³/mol. The molecule has 0 fully saturated rings. The van der Waals surface area contributed by atoms with Crippen LogP contribution < -0.4 is 5.32 Å². The summed E-state index contributed by atoms with van der Waals surface area (Å²) in [5, 5.41) is 13.1. The Balaban J connectivity index is 1.81. The van der Waals surface area contributed by atoms with Gasteiger partial charge in [-0.05, 0) is 6.42 Å². The highest BCUT2D eigenvalue weighted by Gasteiger charge is 2.27. The maximum absolute atomic E-state index is 9.68. The number of hydrogen-bond acceptors (Lipinski definition) is 2. The number of rotatable bonds is 15. The van der Waals surface area contributed by atoms with Gasteiger partial charge < -0.3 is 5.11 Å². The van der Waals surface area contributed by atoms with Gasteiger partial charge in [-0.3, -0.25) is 0 Å². The van der Waals surface area contributed by atoms with Crippen LogP contribution in [0.3, 0.4) is 0 Å². The van der Waals surface area contributed by atoms with Crippen LogP contribution in [-0.4, -0.2) is 34.8 Å². The van der Waals surface area contributed by atoms with E-state index in [0.29, 0.717) is 6.17 Å². The van der Waals surface area contributed by atoms with Gasteiger partial charge in [0, 0.05) is 13.3 Å². The average Bonchev–Trinajstić information content (AvgIpc) is 3.00. The molecule has 0 spiro atoms. The smallest absolute Gasteiger partial charge is 0.253 e. The maximum Gasteiger partial charge on any atom is 0.253 e. The van der Waals surface area contributed by atoms with Crippen LogP contribution in [0.2, 0.25) is 0 Å². The number of nitrogens with zero attached hydrogens (tertiary/aromatic N) is 1. The molecule has 136 valence electrons. The minimum atomic E-state index is -0.364. The van der Waals surface area contributed by atoms with Gasteiger partial charge in [0.1, 0.15) is 0 Å². The van der Waals surface area contributed by atoms with Crippen molar-refractivity contribution in [2.75, 3.05) is 6.54 Å². The van der Waals surface area contributed by atoms with Crippen molar-refractivity contribution in [2.24, 2.45) is 0 Å². The summed E-state index contributed by atoms with van der Waals surface area (Å²) in [6.45, 7) is 5.03. The number of unbranched alkanes of at least 4 members (excludes halogenated alkanes) is 12. The lowest BCUT2D eigenvalue weighted by atomic mass is 10.0. The molecule has 0 amide bonds. The largest absolute Gasteiger partial charge is 0.337 e. The predicted octanol–water partition coefficient (Wildman–Crippen LogP) is 4.82. The molecule has 2 unspecified atom stereocenters. The van der Waals surface area contributed by atoms with Crippen LogP contribution in [0.15, 0.2) is 0 Å². The van der Waals surface area contributed by atoms with Crippen molar-refractivity contribution in [3.8, 4) is 0 Å². The Morgan fingerprint density at radius 3 is 1.87 bits per heavy atom. The summed E-state index contributed by atoms with van der Waals surface area (Å²) in [7, 11) is 0. The Morgan fingerprint density at radius 1 is 0.913 bits per heavy atom. The first-order valence-corrected chi connectivity index (χ1v) is 10.3. The summed E-state index contributed by atoms with van der Waals surface area (Å²) in [6.07, 6.45) is 21.5. The SMILES string of the molecule is CCCCCCCCCCCCCCCC1NCC=[N+]1C(C)O. The molecule has 0 aromatic carbocycles. The van der Waals surface area contributed by atoms with Crippen LogP contribution in [-0.2, 0) is 0 Å². The molecular formula is C20H41N2O+. The second-order valence-corrected chi connectivity index (χ2v) is 7.22. The Kier molecular flexibility index (Phi) is 12.5. The van der Waals surface area contributed by atoms with E-state index in [1.165, 1.54) is 83.5 Å². The molecule has 0 bridgehead atoms. The molecule has 0 radical (unpaired) electrons. The molecule has 0 aliphatic carbocycles. The molecule has 3 heteroatoms. The van der Waals surface area contributed by atoms with Crippen LogP contribution >= 0.6 is 0 Å². The lowest BCUT2D eigenvalue weighted by molar-refractivity contribution is -0.630. The molecule has 1 aliphatic rings. The zero-order chi connectivity index (χ0) is 16.8. The fraction of sp³-hybridized carbons (Fsp3) is 0.950. The van der Waals surface area contributed by atoms with Crippen molar-refractivity contribution >= 4 is 6.21 Å². The maximum atomic E-state index is 9.68. The van der Waals surface area contributed by atoms with Gasteiger partial charge in [-0.15, -0.1) is 0 Å². The Labute approximate surface area is 144 Å². The number of hydrogen-bond donors (Lipinski definition) is 2. The number of aliphatic hydroxyl groups is 1. The average molecular weight is 326 g/mol. The lowest BCUT2D eigenvalue weighted by Gasteiger charge is -2.12. The highest BCUT2D eigenvalue weighted by molar-refractivity contribution is 5.55. The van der Waals surface area contributed by atoms with Gasteiger partial charge in [-0.2, -0.15) is 4.58 Å². The summed E-state index contributed by atoms with van der Waals surface area (Å²) < 4.78 is 2.06.